The average molecular weight is 246 g/mol. The molecule has 1 aliphatic rings. The SMILES string of the molecule is O=S(=O)(c1ccc(CO)cc1F)C1COC1. The number of rotatable bonds is 3. The van der Waals surface area contributed by atoms with Crippen molar-refractivity contribution in [2.45, 2.75) is 16.8 Å². The minimum absolute atomic E-state index is 0.115. The van der Waals surface area contributed by atoms with Crippen molar-refractivity contribution in [3.8, 4) is 0 Å². The summed E-state index contributed by atoms with van der Waals surface area (Å²) in [4.78, 5) is -0.321. The minimum atomic E-state index is -3.64. The first-order chi connectivity index (χ1) is 7.55. The van der Waals surface area contributed by atoms with Gasteiger partial charge in [0.1, 0.15) is 16.0 Å². The Morgan fingerprint density at radius 3 is 2.56 bits per heavy atom. The van der Waals surface area contributed by atoms with Crippen LogP contribution in [0.2, 0.25) is 0 Å². The lowest BCUT2D eigenvalue weighted by atomic mass is 10.2. The maximum Gasteiger partial charge on any atom is 0.188 e. The summed E-state index contributed by atoms with van der Waals surface area (Å²) in [6.07, 6.45) is 0. The predicted octanol–water partition coefficient (Wildman–Crippen LogP) is 0.491. The molecular weight excluding hydrogens is 235 g/mol. The van der Waals surface area contributed by atoms with E-state index >= 15 is 0 Å². The van der Waals surface area contributed by atoms with E-state index in [1.165, 1.54) is 12.1 Å². The summed E-state index contributed by atoms with van der Waals surface area (Å²) in [6.45, 7) is -0.0865. The highest BCUT2D eigenvalue weighted by Gasteiger charge is 2.35. The zero-order valence-corrected chi connectivity index (χ0v) is 9.21. The predicted molar refractivity (Wildman–Crippen MR) is 54.1 cm³/mol. The van der Waals surface area contributed by atoms with Crippen molar-refractivity contribution in [3.63, 3.8) is 0 Å². The summed E-state index contributed by atoms with van der Waals surface area (Å²) in [5, 5.41) is 8.14. The van der Waals surface area contributed by atoms with Crippen LogP contribution in [0.1, 0.15) is 5.56 Å². The highest BCUT2D eigenvalue weighted by molar-refractivity contribution is 7.92. The second-order valence-electron chi connectivity index (χ2n) is 3.63. The van der Waals surface area contributed by atoms with Gasteiger partial charge in [-0.3, -0.25) is 0 Å². The number of sulfone groups is 1. The van der Waals surface area contributed by atoms with E-state index in [0.29, 0.717) is 5.56 Å². The fourth-order valence-corrected chi connectivity index (χ4v) is 2.94. The van der Waals surface area contributed by atoms with Gasteiger partial charge in [-0.15, -0.1) is 0 Å². The Morgan fingerprint density at radius 2 is 2.12 bits per heavy atom. The standard InChI is InChI=1S/C10H11FO4S/c11-9-3-7(4-12)1-2-10(9)16(13,14)8-5-15-6-8/h1-3,8,12H,4-6H2. The third kappa shape index (κ3) is 1.83. The van der Waals surface area contributed by atoms with E-state index in [2.05, 4.69) is 0 Å². The van der Waals surface area contributed by atoms with E-state index < -0.39 is 20.9 Å². The van der Waals surface area contributed by atoms with Gasteiger partial charge in [0.25, 0.3) is 0 Å². The van der Waals surface area contributed by atoms with Crippen molar-refractivity contribution in [2.75, 3.05) is 13.2 Å². The van der Waals surface area contributed by atoms with Gasteiger partial charge in [-0.2, -0.15) is 0 Å². The molecule has 1 N–H and O–H groups in total. The van der Waals surface area contributed by atoms with Crippen LogP contribution in [0, 0.1) is 5.82 Å². The molecule has 0 unspecified atom stereocenters. The Balaban J connectivity index is 2.40. The number of ether oxygens (including phenoxy) is 1. The number of aliphatic hydroxyl groups excluding tert-OH is 1. The van der Waals surface area contributed by atoms with Crippen LogP contribution < -0.4 is 0 Å². The monoisotopic (exact) mass is 246 g/mol. The molecule has 1 aliphatic heterocycles. The third-order valence-corrected chi connectivity index (χ3v) is 4.63. The largest absolute Gasteiger partial charge is 0.392 e. The lowest BCUT2D eigenvalue weighted by Gasteiger charge is -2.25. The Labute approximate surface area is 92.6 Å². The molecule has 2 rings (SSSR count). The van der Waals surface area contributed by atoms with Crippen LogP contribution in [0.15, 0.2) is 23.1 Å². The number of halogens is 1. The maximum absolute atomic E-state index is 13.5. The van der Waals surface area contributed by atoms with Crippen LogP contribution in [0.3, 0.4) is 0 Å². The summed E-state index contributed by atoms with van der Waals surface area (Å²) < 4.78 is 42.0. The van der Waals surface area contributed by atoms with Crippen molar-refractivity contribution in [1.29, 1.82) is 0 Å². The molecule has 0 amide bonds. The zero-order chi connectivity index (χ0) is 11.8. The molecule has 6 heteroatoms. The van der Waals surface area contributed by atoms with Gasteiger partial charge in [-0.1, -0.05) is 6.07 Å². The molecule has 0 bridgehead atoms. The van der Waals surface area contributed by atoms with Gasteiger partial charge in [0.15, 0.2) is 9.84 Å². The fourth-order valence-electron chi connectivity index (χ4n) is 1.45. The van der Waals surface area contributed by atoms with Crippen LogP contribution in [-0.4, -0.2) is 32.0 Å². The van der Waals surface area contributed by atoms with Crippen molar-refractivity contribution in [2.24, 2.45) is 0 Å². The van der Waals surface area contributed by atoms with Crippen molar-refractivity contribution in [3.05, 3.63) is 29.6 Å². The van der Waals surface area contributed by atoms with Gasteiger partial charge in [0, 0.05) is 0 Å². The van der Waals surface area contributed by atoms with Gasteiger partial charge in [-0.05, 0) is 17.7 Å². The molecule has 0 aliphatic carbocycles. The molecule has 1 heterocycles. The first kappa shape index (κ1) is 11.5. The Kier molecular flexibility index (Phi) is 2.96. The van der Waals surface area contributed by atoms with E-state index in [1.54, 1.807) is 0 Å². The molecule has 1 saturated heterocycles. The van der Waals surface area contributed by atoms with Crippen molar-refractivity contribution >= 4 is 9.84 Å². The zero-order valence-electron chi connectivity index (χ0n) is 8.39. The van der Waals surface area contributed by atoms with Gasteiger partial charge in [0.2, 0.25) is 0 Å². The molecule has 0 radical (unpaired) electrons. The first-order valence-corrected chi connectivity index (χ1v) is 6.31. The average Bonchev–Trinajstić information content (AvgIpc) is 2.13. The lowest BCUT2D eigenvalue weighted by molar-refractivity contribution is 0.0415. The van der Waals surface area contributed by atoms with Crippen molar-refractivity contribution in [1.82, 2.24) is 0 Å². The molecule has 1 fully saturated rings. The molecule has 0 spiro atoms. The van der Waals surface area contributed by atoms with Gasteiger partial charge < -0.3 is 9.84 Å². The summed E-state index contributed by atoms with van der Waals surface area (Å²) in [7, 11) is -3.64. The molecule has 88 valence electrons. The number of hydrogen-bond donors (Lipinski definition) is 1. The van der Waals surface area contributed by atoms with E-state index in [-0.39, 0.29) is 24.7 Å². The molecule has 4 nitrogen and oxygen atoms in total. The Morgan fingerprint density at radius 1 is 1.44 bits per heavy atom. The van der Waals surface area contributed by atoms with E-state index in [0.717, 1.165) is 6.07 Å². The Bertz CT molecular complexity index is 494. The maximum atomic E-state index is 13.5. The number of hydrogen-bond acceptors (Lipinski definition) is 4. The van der Waals surface area contributed by atoms with Crippen LogP contribution in [0.25, 0.3) is 0 Å². The van der Waals surface area contributed by atoms with Gasteiger partial charge >= 0.3 is 0 Å². The summed E-state index contributed by atoms with van der Waals surface area (Å²) in [5.74, 6) is -0.821. The molecule has 0 saturated carbocycles. The fraction of sp³-hybridized carbons (Fsp3) is 0.400. The second kappa shape index (κ2) is 4.12. The Hall–Kier alpha value is -0.980. The first-order valence-electron chi connectivity index (χ1n) is 4.76. The normalized spacial score (nSPS) is 17.1. The summed E-state index contributed by atoms with van der Waals surface area (Å²) in [6, 6.07) is 3.62. The number of aliphatic hydroxyl groups is 1. The quantitative estimate of drug-likeness (QED) is 0.843. The molecular formula is C10H11FO4S. The topological polar surface area (TPSA) is 63.6 Å². The highest BCUT2D eigenvalue weighted by atomic mass is 32.2. The van der Waals surface area contributed by atoms with E-state index in [4.69, 9.17) is 9.84 Å². The number of benzene rings is 1. The summed E-state index contributed by atoms with van der Waals surface area (Å²) >= 11 is 0. The lowest BCUT2D eigenvalue weighted by Crippen LogP contribution is -2.40. The molecule has 0 atom stereocenters. The van der Waals surface area contributed by atoms with Gasteiger partial charge in [0.05, 0.1) is 19.8 Å². The van der Waals surface area contributed by atoms with Crippen molar-refractivity contribution < 1.29 is 22.7 Å². The third-order valence-electron chi connectivity index (χ3n) is 2.53. The van der Waals surface area contributed by atoms with E-state index in [1.807, 2.05) is 0 Å². The molecule has 0 aromatic heterocycles. The molecule has 1 aromatic rings. The smallest absolute Gasteiger partial charge is 0.188 e. The van der Waals surface area contributed by atoms with Crippen LogP contribution >= 0.6 is 0 Å². The van der Waals surface area contributed by atoms with Crippen LogP contribution in [-0.2, 0) is 21.2 Å². The highest BCUT2D eigenvalue weighted by Crippen LogP contribution is 2.24. The molecule has 1 aromatic carbocycles. The van der Waals surface area contributed by atoms with Crippen LogP contribution in [0.4, 0.5) is 4.39 Å². The summed E-state index contributed by atoms with van der Waals surface area (Å²) in [5.41, 5.74) is 0.348. The van der Waals surface area contributed by atoms with Crippen LogP contribution in [0.5, 0.6) is 0 Å². The molecule has 16 heavy (non-hydrogen) atoms. The minimum Gasteiger partial charge on any atom is -0.392 e. The van der Waals surface area contributed by atoms with Gasteiger partial charge in [-0.25, -0.2) is 12.8 Å². The van der Waals surface area contributed by atoms with E-state index in [9.17, 15) is 12.8 Å². The second-order valence-corrected chi connectivity index (χ2v) is 5.82.